The molecule has 0 aromatic carbocycles. The highest BCUT2D eigenvalue weighted by molar-refractivity contribution is 6.29. The first kappa shape index (κ1) is 23.2. The van der Waals surface area contributed by atoms with Crippen molar-refractivity contribution in [3.8, 4) is 0 Å². The number of amides is 1. The van der Waals surface area contributed by atoms with E-state index in [9.17, 15) is 22.8 Å². The number of carbonyl (C=O) groups is 1. The van der Waals surface area contributed by atoms with Gasteiger partial charge in [-0.15, -0.1) is 0 Å². The minimum absolute atomic E-state index is 0.0295. The standard InChI is InChI=1S/C21H17ClF3N7O2/c22-17-9-30-19(31-11-21(24,25)16-3-1-2-4-26-16)20(34)32(17)10-18(33)29-6-12-5-13-14(23)7-28-15(13)8-27-12/h1-5,7-9,28H,6,10-11H2,(H,29,33)(H,30,31). The molecule has 0 fully saturated rings. The number of anilines is 1. The molecule has 0 saturated heterocycles. The van der Waals surface area contributed by atoms with E-state index in [-0.39, 0.29) is 11.7 Å². The molecule has 9 nitrogen and oxygen atoms in total. The van der Waals surface area contributed by atoms with Crippen molar-refractivity contribution in [3.63, 3.8) is 0 Å². The molecule has 0 aliphatic heterocycles. The van der Waals surface area contributed by atoms with Gasteiger partial charge in [-0.25, -0.2) is 9.37 Å². The summed E-state index contributed by atoms with van der Waals surface area (Å²) in [6.45, 7) is -1.46. The van der Waals surface area contributed by atoms with Gasteiger partial charge in [0.15, 0.2) is 5.82 Å². The number of pyridine rings is 2. The van der Waals surface area contributed by atoms with Crippen molar-refractivity contribution in [1.29, 1.82) is 0 Å². The van der Waals surface area contributed by atoms with E-state index >= 15 is 0 Å². The fraction of sp³-hybridized carbons (Fsp3) is 0.190. The van der Waals surface area contributed by atoms with Crippen LogP contribution in [0.3, 0.4) is 0 Å². The molecule has 4 aromatic heterocycles. The monoisotopic (exact) mass is 491 g/mol. The molecule has 0 spiro atoms. The summed E-state index contributed by atoms with van der Waals surface area (Å²) in [6, 6.07) is 5.57. The van der Waals surface area contributed by atoms with Crippen LogP contribution in [0.1, 0.15) is 11.4 Å². The van der Waals surface area contributed by atoms with Gasteiger partial charge in [-0.3, -0.25) is 24.1 Å². The Morgan fingerprint density at radius 3 is 2.79 bits per heavy atom. The third kappa shape index (κ3) is 5.01. The van der Waals surface area contributed by atoms with Gasteiger partial charge in [0.1, 0.15) is 23.2 Å². The maximum Gasteiger partial charge on any atom is 0.306 e. The molecule has 1 amide bonds. The smallest absolute Gasteiger partial charge is 0.306 e. The number of alkyl halides is 2. The molecule has 0 radical (unpaired) electrons. The molecule has 0 saturated carbocycles. The number of carbonyl (C=O) groups excluding carboxylic acids is 1. The zero-order chi connectivity index (χ0) is 24.3. The first-order valence-electron chi connectivity index (χ1n) is 9.91. The van der Waals surface area contributed by atoms with Crippen molar-refractivity contribution < 1.29 is 18.0 Å². The predicted molar refractivity (Wildman–Crippen MR) is 118 cm³/mol. The lowest BCUT2D eigenvalue weighted by molar-refractivity contribution is -0.121. The number of rotatable bonds is 8. The summed E-state index contributed by atoms with van der Waals surface area (Å²) < 4.78 is 43.3. The summed E-state index contributed by atoms with van der Waals surface area (Å²) in [5.41, 5.74) is -0.418. The first-order valence-corrected chi connectivity index (χ1v) is 10.3. The van der Waals surface area contributed by atoms with E-state index in [0.29, 0.717) is 16.6 Å². The summed E-state index contributed by atoms with van der Waals surface area (Å²) in [6.07, 6.45) is 4.94. The van der Waals surface area contributed by atoms with E-state index in [1.54, 1.807) is 0 Å². The van der Waals surface area contributed by atoms with E-state index < -0.39 is 47.8 Å². The topological polar surface area (TPSA) is 118 Å². The summed E-state index contributed by atoms with van der Waals surface area (Å²) in [4.78, 5) is 39.3. The van der Waals surface area contributed by atoms with E-state index in [4.69, 9.17) is 11.6 Å². The molecule has 4 rings (SSSR count). The molecule has 0 unspecified atom stereocenters. The van der Waals surface area contributed by atoms with Crippen molar-refractivity contribution in [2.45, 2.75) is 19.0 Å². The lowest BCUT2D eigenvalue weighted by Crippen LogP contribution is -2.35. The highest BCUT2D eigenvalue weighted by Gasteiger charge is 2.33. The fourth-order valence-electron chi connectivity index (χ4n) is 3.12. The fourth-order valence-corrected chi connectivity index (χ4v) is 3.30. The van der Waals surface area contributed by atoms with Gasteiger partial charge in [0.05, 0.1) is 36.7 Å². The molecular formula is C21H17ClF3N7O2. The Hall–Kier alpha value is -3.93. The molecule has 34 heavy (non-hydrogen) atoms. The summed E-state index contributed by atoms with van der Waals surface area (Å²) in [5.74, 6) is -4.82. The Kier molecular flexibility index (Phi) is 6.50. The highest BCUT2D eigenvalue weighted by atomic mass is 35.5. The van der Waals surface area contributed by atoms with Gasteiger partial charge in [-0.2, -0.15) is 8.78 Å². The highest BCUT2D eigenvalue weighted by Crippen LogP contribution is 2.25. The Balaban J connectivity index is 1.42. The van der Waals surface area contributed by atoms with Crippen molar-refractivity contribution in [1.82, 2.24) is 29.8 Å². The van der Waals surface area contributed by atoms with E-state index in [2.05, 4.69) is 30.6 Å². The number of aromatic nitrogens is 5. The molecule has 0 bridgehead atoms. The summed E-state index contributed by atoms with van der Waals surface area (Å²) >= 11 is 6.00. The van der Waals surface area contributed by atoms with Crippen LogP contribution < -0.4 is 16.2 Å². The molecule has 3 N–H and O–H groups in total. The van der Waals surface area contributed by atoms with Crippen LogP contribution in [0.5, 0.6) is 0 Å². The second kappa shape index (κ2) is 9.51. The second-order valence-corrected chi connectivity index (χ2v) is 7.62. The van der Waals surface area contributed by atoms with Crippen LogP contribution >= 0.6 is 11.6 Å². The van der Waals surface area contributed by atoms with Crippen molar-refractivity contribution >= 4 is 34.2 Å². The predicted octanol–water partition coefficient (Wildman–Crippen LogP) is 2.83. The Labute approximate surface area is 195 Å². The molecule has 4 heterocycles. The quantitative estimate of drug-likeness (QED) is 0.349. The third-order valence-electron chi connectivity index (χ3n) is 4.86. The van der Waals surface area contributed by atoms with Crippen LogP contribution in [0, 0.1) is 5.82 Å². The minimum Gasteiger partial charge on any atom is -0.359 e. The van der Waals surface area contributed by atoms with E-state index in [1.807, 2.05) is 0 Å². The Morgan fingerprint density at radius 1 is 1.21 bits per heavy atom. The molecular weight excluding hydrogens is 475 g/mol. The molecule has 13 heteroatoms. The van der Waals surface area contributed by atoms with Crippen molar-refractivity contribution in [3.05, 3.63) is 81.8 Å². The van der Waals surface area contributed by atoms with Gasteiger partial charge >= 0.3 is 5.92 Å². The first-order chi connectivity index (χ1) is 16.2. The number of nitrogens with one attached hydrogen (secondary N) is 3. The number of H-pyrrole nitrogens is 1. The summed E-state index contributed by atoms with van der Waals surface area (Å²) in [7, 11) is 0. The van der Waals surface area contributed by atoms with Gasteiger partial charge in [-0.05, 0) is 18.2 Å². The lowest BCUT2D eigenvalue weighted by atomic mass is 10.2. The van der Waals surface area contributed by atoms with Crippen LogP contribution in [-0.2, 0) is 23.8 Å². The van der Waals surface area contributed by atoms with Crippen LogP contribution in [0.2, 0.25) is 5.15 Å². The molecule has 0 aliphatic carbocycles. The summed E-state index contributed by atoms with van der Waals surface area (Å²) in [5, 5.41) is 5.02. The van der Waals surface area contributed by atoms with Gasteiger partial charge in [0, 0.05) is 17.8 Å². The van der Waals surface area contributed by atoms with Crippen LogP contribution in [-0.4, -0.2) is 37.0 Å². The zero-order valence-electron chi connectivity index (χ0n) is 17.4. The molecule has 0 atom stereocenters. The van der Waals surface area contributed by atoms with E-state index in [0.717, 1.165) is 16.8 Å². The van der Waals surface area contributed by atoms with Gasteiger partial charge in [0.25, 0.3) is 5.56 Å². The number of hydrogen-bond acceptors (Lipinski definition) is 6. The third-order valence-corrected chi connectivity index (χ3v) is 5.17. The number of hydrogen-bond donors (Lipinski definition) is 3. The van der Waals surface area contributed by atoms with Gasteiger partial charge in [0.2, 0.25) is 5.91 Å². The van der Waals surface area contributed by atoms with Crippen LogP contribution in [0.25, 0.3) is 10.9 Å². The average molecular weight is 492 g/mol. The second-order valence-electron chi connectivity index (χ2n) is 7.23. The van der Waals surface area contributed by atoms with Gasteiger partial charge in [-0.1, -0.05) is 17.7 Å². The van der Waals surface area contributed by atoms with Crippen LogP contribution in [0.4, 0.5) is 19.0 Å². The van der Waals surface area contributed by atoms with Gasteiger partial charge < -0.3 is 15.6 Å². The maximum atomic E-state index is 14.3. The SMILES string of the molecule is O=C(Cn1c(Cl)cnc(NCC(F)(F)c2ccccn2)c1=O)NCc1cc2c(F)c[nH]c2cn1. The number of fused-ring (bicyclic) bond motifs is 1. The zero-order valence-corrected chi connectivity index (χ0v) is 18.1. The largest absolute Gasteiger partial charge is 0.359 e. The maximum absolute atomic E-state index is 14.3. The number of halogens is 4. The molecule has 0 aliphatic rings. The van der Waals surface area contributed by atoms with Crippen LogP contribution in [0.15, 0.2) is 53.8 Å². The Bertz CT molecular complexity index is 1390. The average Bonchev–Trinajstić information content (AvgIpc) is 3.20. The normalized spacial score (nSPS) is 11.5. The minimum atomic E-state index is -3.37. The van der Waals surface area contributed by atoms with E-state index in [1.165, 1.54) is 36.8 Å². The molecule has 176 valence electrons. The Morgan fingerprint density at radius 2 is 2.03 bits per heavy atom. The molecule has 4 aromatic rings. The lowest BCUT2D eigenvalue weighted by Gasteiger charge is -2.17. The number of nitrogens with zero attached hydrogens (tertiary/aromatic N) is 4. The number of aromatic amines is 1. The van der Waals surface area contributed by atoms with Crippen molar-refractivity contribution in [2.24, 2.45) is 0 Å². The van der Waals surface area contributed by atoms with Crippen molar-refractivity contribution in [2.75, 3.05) is 11.9 Å².